The molecule has 134 valence electrons. The number of amides is 1. The van der Waals surface area contributed by atoms with Crippen LogP contribution in [-0.4, -0.2) is 29.6 Å². The van der Waals surface area contributed by atoms with E-state index >= 15 is 0 Å². The van der Waals surface area contributed by atoms with Crippen LogP contribution in [-0.2, 0) is 4.79 Å². The van der Waals surface area contributed by atoms with E-state index in [1.54, 1.807) is 0 Å². The van der Waals surface area contributed by atoms with E-state index in [1.807, 2.05) is 0 Å². The van der Waals surface area contributed by atoms with Crippen molar-refractivity contribution in [3.63, 3.8) is 0 Å². The highest BCUT2D eigenvalue weighted by atomic mass is 16.6. The number of methoxy groups -OCH3 is 1. The van der Waals surface area contributed by atoms with Crippen LogP contribution in [0.15, 0.2) is 18.2 Å². The quantitative estimate of drug-likeness (QED) is 0.625. The lowest BCUT2D eigenvalue weighted by Crippen LogP contribution is -2.52. The lowest BCUT2D eigenvalue weighted by molar-refractivity contribution is -0.385. The molecule has 1 atom stereocenters. The molecule has 1 aromatic carbocycles. The summed E-state index contributed by atoms with van der Waals surface area (Å²) in [6.07, 6.45) is 3.13. The Morgan fingerprint density at radius 1 is 1.36 bits per heavy atom. The van der Waals surface area contributed by atoms with E-state index in [9.17, 15) is 20.2 Å². The third-order valence-corrected chi connectivity index (χ3v) is 4.31. The van der Waals surface area contributed by atoms with Gasteiger partial charge in [-0.05, 0) is 25.8 Å². The van der Waals surface area contributed by atoms with Crippen molar-refractivity contribution >= 4 is 11.6 Å². The summed E-state index contributed by atoms with van der Waals surface area (Å²) in [5.74, 6) is -0.0380. The highest BCUT2D eigenvalue weighted by Crippen LogP contribution is 2.32. The predicted octanol–water partition coefficient (Wildman–Crippen LogP) is 2.71. The Kier molecular flexibility index (Phi) is 5.80. The molecular weight excluding hydrogens is 326 g/mol. The van der Waals surface area contributed by atoms with Crippen LogP contribution in [0.3, 0.4) is 0 Å². The van der Waals surface area contributed by atoms with Crippen molar-refractivity contribution in [3.05, 3.63) is 28.3 Å². The van der Waals surface area contributed by atoms with Crippen LogP contribution in [0.1, 0.15) is 39.0 Å². The number of non-ortho nitro benzene ring substituents is 1. The van der Waals surface area contributed by atoms with Crippen LogP contribution in [0.4, 0.5) is 5.69 Å². The molecule has 1 saturated carbocycles. The SMILES string of the molecule is COc1ccc([N+](=O)[O-])cc1O[C@H](C)C(=O)NC1(C#N)CCCCC1. The van der Waals surface area contributed by atoms with Crippen LogP contribution < -0.4 is 14.8 Å². The van der Waals surface area contributed by atoms with Gasteiger partial charge in [0.1, 0.15) is 5.54 Å². The van der Waals surface area contributed by atoms with Gasteiger partial charge in [0, 0.05) is 6.07 Å². The van der Waals surface area contributed by atoms with Gasteiger partial charge in [0.2, 0.25) is 0 Å². The first-order valence-corrected chi connectivity index (χ1v) is 8.13. The maximum absolute atomic E-state index is 12.4. The topological polar surface area (TPSA) is 114 Å². The molecule has 0 spiro atoms. The van der Waals surface area contributed by atoms with Crippen LogP contribution in [0.5, 0.6) is 11.5 Å². The normalized spacial score (nSPS) is 17.0. The second-order valence-corrected chi connectivity index (χ2v) is 6.10. The molecule has 0 heterocycles. The molecule has 0 bridgehead atoms. The monoisotopic (exact) mass is 347 g/mol. The van der Waals surface area contributed by atoms with E-state index < -0.39 is 22.5 Å². The van der Waals surface area contributed by atoms with Crippen molar-refractivity contribution in [1.82, 2.24) is 5.32 Å². The van der Waals surface area contributed by atoms with Crippen LogP contribution in [0.25, 0.3) is 0 Å². The molecule has 8 nitrogen and oxygen atoms in total. The zero-order chi connectivity index (χ0) is 18.4. The van der Waals surface area contributed by atoms with E-state index in [1.165, 1.54) is 32.2 Å². The maximum Gasteiger partial charge on any atom is 0.273 e. The number of ether oxygens (including phenoxy) is 2. The van der Waals surface area contributed by atoms with Gasteiger partial charge in [0.05, 0.1) is 24.2 Å². The molecular formula is C17H21N3O5. The van der Waals surface area contributed by atoms with Crippen LogP contribution in [0.2, 0.25) is 0 Å². The van der Waals surface area contributed by atoms with Crippen molar-refractivity contribution in [3.8, 4) is 17.6 Å². The second kappa shape index (κ2) is 7.83. The lowest BCUT2D eigenvalue weighted by atomic mass is 9.83. The fourth-order valence-corrected chi connectivity index (χ4v) is 2.87. The first-order valence-electron chi connectivity index (χ1n) is 8.13. The molecule has 0 aromatic heterocycles. The molecule has 1 fully saturated rings. The summed E-state index contributed by atoms with van der Waals surface area (Å²) in [5, 5.41) is 23.1. The van der Waals surface area contributed by atoms with Gasteiger partial charge in [-0.25, -0.2) is 0 Å². The number of carbonyl (C=O) groups is 1. The van der Waals surface area contributed by atoms with E-state index in [2.05, 4.69) is 11.4 Å². The van der Waals surface area contributed by atoms with Crippen molar-refractivity contribution in [1.29, 1.82) is 5.26 Å². The smallest absolute Gasteiger partial charge is 0.273 e. The minimum atomic E-state index is -0.928. The third kappa shape index (κ3) is 4.38. The zero-order valence-corrected chi connectivity index (χ0v) is 14.3. The van der Waals surface area contributed by atoms with Gasteiger partial charge < -0.3 is 14.8 Å². The average Bonchev–Trinajstić information content (AvgIpc) is 2.62. The fourth-order valence-electron chi connectivity index (χ4n) is 2.87. The Labute approximate surface area is 145 Å². The molecule has 0 unspecified atom stereocenters. The summed E-state index contributed by atoms with van der Waals surface area (Å²) >= 11 is 0. The molecule has 0 radical (unpaired) electrons. The van der Waals surface area contributed by atoms with Crippen molar-refractivity contribution < 1.29 is 19.2 Å². The number of nitro benzene ring substituents is 1. The minimum absolute atomic E-state index is 0.106. The number of nitro groups is 1. The molecule has 1 aromatic rings. The Balaban J connectivity index is 2.11. The first-order chi connectivity index (χ1) is 11.9. The van der Waals surface area contributed by atoms with Gasteiger partial charge in [-0.3, -0.25) is 14.9 Å². The summed E-state index contributed by atoms with van der Waals surface area (Å²) in [6.45, 7) is 1.53. The van der Waals surface area contributed by atoms with E-state index in [-0.39, 0.29) is 17.2 Å². The predicted molar refractivity (Wildman–Crippen MR) is 89.3 cm³/mol. The maximum atomic E-state index is 12.4. The number of rotatable bonds is 6. The largest absolute Gasteiger partial charge is 0.493 e. The standard InChI is InChI=1S/C17H21N3O5/c1-12(16(21)19-17(11-18)8-4-3-5-9-17)25-15-10-13(20(22)23)6-7-14(15)24-2/h6-7,10,12H,3-5,8-9H2,1-2H3,(H,19,21)/t12-/m1/s1. The summed E-state index contributed by atoms with van der Waals surface area (Å²) in [6, 6.07) is 6.13. The van der Waals surface area contributed by atoms with Crippen molar-refractivity contribution in [2.45, 2.75) is 50.7 Å². The Morgan fingerprint density at radius 3 is 2.60 bits per heavy atom. The molecule has 8 heteroatoms. The summed E-state index contributed by atoms with van der Waals surface area (Å²) in [7, 11) is 1.41. The number of benzene rings is 1. The molecule has 0 saturated heterocycles. The molecule has 25 heavy (non-hydrogen) atoms. The highest BCUT2D eigenvalue weighted by molar-refractivity contribution is 5.82. The van der Waals surface area contributed by atoms with Crippen molar-refractivity contribution in [2.75, 3.05) is 7.11 Å². The fraction of sp³-hybridized carbons (Fsp3) is 0.529. The number of nitrogens with zero attached hydrogens (tertiary/aromatic N) is 2. The second-order valence-electron chi connectivity index (χ2n) is 6.10. The van der Waals surface area contributed by atoms with Gasteiger partial charge >= 0.3 is 0 Å². The number of nitriles is 1. The van der Waals surface area contributed by atoms with Gasteiger partial charge in [0.25, 0.3) is 11.6 Å². The van der Waals surface area contributed by atoms with Crippen molar-refractivity contribution in [2.24, 2.45) is 0 Å². The van der Waals surface area contributed by atoms with E-state index in [0.29, 0.717) is 12.8 Å². The number of hydrogen-bond donors (Lipinski definition) is 1. The van der Waals surface area contributed by atoms with Gasteiger partial charge in [0.15, 0.2) is 17.6 Å². The summed E-state index contributed by atoms with van der Waals surface area (Å²) in [4.78, 5) is 22.8. The molecule has 0 aliphatic heterocycles. The summed E-state index contributed by atoms with van der Waals surface area (Å²) in [5.41, 5.74) is -1.02. The zero-order valence-electron chi connectivity index (χ0n) is 14.3. The highest BCUT2D eigenvalue weighted by Gasteiger charge is 2.35. The molecule has 1 aliphatic rings. The Morgan fingerprint density at radius 2 is 2.04 bits per heavy atom. The first kappa shape index (κ1) is 18.5. The Hall–Kier alpha value is -2.82. The van der Waals surface area contributed by atoms with Gasteiger partial charge in [-0.2, -0.15) is 5.26 Å². The third-order valence-electron chi connectivity index (χ3n) is 4.31. The minimum Gasteiger partial charge on any atom is -0.493 e. The molecule has 1 aliphatic carbocycles. The molecule has 2 rings (SSSR count). The summed E-state index contributed by atoms with van der Waals surface area (Å²) < 4.78 is 10.7. The van der Waals surface area contributed by atoms with Crippen LogP contribution >= 0.6 is 0 Å². The van der Waals surface area contributed by atoms with E-state index in [0.717, 1.165) is 19.3 Å². The van der Waals surface area contributed by atoms with Gasteiger partial charge in [-0.1, -0.05) is 19.3 Å². The van der Waals surface area contributed by atoms with Crippen LogP contribution in [0, 0.1) is 21.4 Å². The molecule has 1 N–H and O–H groups in total. The molecule has 1 amide bonds. The average molecular weight is 347 g/mol. The number of hydrogen-bond acceptors (Lipinski definition) is 6. The van der Waals surface area contributed by atoms with Gasteiger partial charge in [-0.15, -0.1) is 0 Å². The number of carbonyl (C=O) groups excluding carboxylic acids is 1. The van der Waals surface area contributed by atoms with E-state index in [4.69, 9.17) is 9.47 Å². The number of nitrogens with one attached hydrogen (secondary N) is 1. The lowest BCUT2D eigenvalue weighted by Gasteiger charge is -2.32. The Bertz CT molecular complexity index is 692.